The molecule has 9 heteroatoms. The van der Waals surface area contributed by atoms with E-state index < -0.39 is 17.1 Å². The molecule has 0 unspecified atom stereocenters. The number of nitrogens with one attached hydrogen (secondary N) is 2. The first-order chi connectivity index (χ1) is 11.2. The Labute approximate surface area is 142 Å². The van der Waals surface area contributed by atoms with Crippen LogP contribution in [0.3, 0.4) is 0 Å². The van der Waals surface area contributed by atoms with Crippen LogP contribution in [-0.2, 0) is 0 Å². The van der Waals surface area contributed by atoms with Crippen LogP contribution in [0.25, 0.3) is 5.69 Å². The van der Waals surface area contributed by atoms with E-state index in [0.717, 1.165) is 27.5 Å². The Kier molecular flexibility index (Phi) is 4.84. The molecule has 2 rings (SSSR count). The highest BCUT2D eigenvalue weighted by Gasteiger charge is 2.17. The summed E-state index contributed by atoms with van der Waals surface area (Å²) in [5, 5.41) is 14.0. The highest BCUT2D eigenvalue weighted by Crippen LogP contribution is 2.23. The van der Waals surface area contributed by atoms with Gasteiger partial charge in [-0.25, -0.2) is 9.36 Å². The Hall–Kier alpha value is -2.94. The largest absolute Gasteiger partial charge is 0.493 e. The van der Waals surface area contributed by atoms with Gasteiger partial charge in [-0.2, -0.15) is 5.10 Å². The summed E-state index contributed by atoms with van der Waals surface area (Å²) in [6, 6.07) is 3.75. The van der Waals surface area contributed by atoms with Gasteiger partial charge in [0.15, 0.2) is 5.11 Å². The molecule has 0 fully saturated rings. The second-order valence-electron chi connectivity index (χ2n) is 5.31. The van der Waals surface area contributed by atoms with Gasteiger partial charge in [-0.1, -0.05) is 17.7 Å². The van der Waals surface area contributed by atoms with Gasteiger partial charge in [0.25, 0.3) is 5.56 Å². The number of nitrogens with zero attached hydrogens (tertiary/aromatic N) is 2. The third kappa shape index (κ3) is 3.35. The summed E-state index contributed by atoms with van der Waals surface area (Å²) in [4.78, 5) is 26.3. The molecule has 1 aromatic carbocycles. The Balaban J connectivity index is 2.73. The van der Waals surface area contributed by atoms with E-state index in [-0.39, 0.29) is 10.7 Å². The first kappa shape index (κ1) is 17.4. The van der Waals surface area contributed by atoms with Gasteiger partial charge in [0, 0.05) is 0 Å². The minimum Gasteiger partial charge on any atom is -0.493 e. The predicted molar refractivity (Wildman–Crippen MR) is 96.1 cm³/mol. The van der Waals surface area contributed by atoms with Crippen LogP contribution < -0.4 is 22.4 Å². The lowest BCUT2D eigenvalue weighted by Crippen LogP contribution is -2.32. The maximum Gasteiger partial charge on any atom is 0.335 e. The highest BCUT2D eigenvalue weighted by molar-refractivity contribution is 7.80. The van der Waals surface area contributed by atoms with Gasteiger partial charge in [-0.15, -0.1) is 0 Å². The van der Waals surface area contributed by atoms with Crippen molar-refractivity contribution in [3.8, 4) is 11.6 Å². The fraction of sp³-hybridized carbons (Fsp3) is 0.200. The van der Waals surface area contributed by atoms with E-state index in [1.54, 1.807) is 0 Å². The zero-order valence-corrected chi connectivity index (χ0v) is 14.2. The lowest BCUT2D eigenvalue weighted by Gasteiger charge is -2.15. The highest BCUT2D eigenvalue weighted by atomic mass is 32.1. The Bertz CT molecular complexity index is 936. The summed E-state index contributed by atoms with van der Waals surface area (Å²) in [5.41, 5.74) is 8.88. The number of hydrogen-bond donors (Lipinski definition) is 4. The van der Waals surface area contributed by atoms with Crippen LogP contribution in [0.1, 0.15) is 22.3 Å². The van der Waals surface area contributed by atoms with Crippen LogP contribution >= 0.6 is 12.2 Å². The first-order valence-electron chi connectivity index (χ1n) is 6.97. The topological polar surface area (TPSA) is 125 Å². The molecule has 0 aliphatic rings. The molecule has 24 heavy (non-hydrogen) atoms. The van der Waals surface area contributed by atoms with Crippen LogP contribution in [0.2, 0.25) is 0 Å². The molecule has 0 aliphatic carbocycles. The van der Waals surface area contributed by atoms with E-state index >= 15 is 0 Å². The maximum absolute atomic E-state index is 12.2. The standard InChI is InChI=1S/C15H17N5O3S/c1-7-4-8(2)11(9(3)5-7)20-13(22)10(6-17-19-14(16)24)12(21)18-15(20)23/h4-6,22H,1-3H3,(H3,16,19,24)(H,18,21,23). The van der Waals surface area contributed by atoms with Crippen molar-refractivity contribution in [1.29, 1.82) is 0 Å². The molecule has 2 aromatic rings. The van der Waals surface area contributed by atoms with E-state index in [1.165, 1.54) is 0 Å². The molecule has 1 heterocycles. The molecule has 0 saturated carbocycles. The van der Waals surface area contributed by atoms with E-state index in [9.17, 15) is 14.7 Å². The molecule has 5 N–H and O–H groups in total. The third-order valence-corrected chi connectivity index (χ3v) is 3.44. The first-order valence-corrected chi connectivity index (χ1v) is 7.38. The number of hydrazone groups is 1. The van der Waals surface area contributed by atoms with E-state index in [0.29, 0.717) is 5.69 Å². The number of aryl methyl sites for hydroxylation is 3. The fourth-order valence-electron chi connectivity index (χ4n) is 2.55. The fourth-order valence-corrected chi connectivity index (χ4v) is 2.60. The average molecular weight is 347 g/mol. The molecule has 0 atom stereocenters. The Morgan fingerprint density at radius 3 is 2.46 bits per heavy atom. The minimum atomic E-state index is -0.773. The molecule has 0 aliphatic heterocycles. The molecule has 0 bridgehead atoms. The van der Waals surface area contributed by atoms with Crippen molar-refractivity contribution in [3.63, 3.8) is 0 Å². The van der Waals surface area contributed by atoms with Gasteiger partial charge in [0.2, 0.25) is 5.88 Å². The summed E-state index contributed by atoms with van der Waals surface area (Å²) in [7, 11) is 0. The summed E-state index contributed by atoms with van der Waals surface area (Å²) in [5.74, 6) is -0.521. The van der Waals surface area contributed by atoms with Gasteiger partial charge >= 0.3 is 5.69 Å². The lowest BCUT2D eigenvalue weighted by atomic mass is 10.0. The zero-order chi connectivity index (χ0) is 18.0. The number of aromatic hydroxyl groups is 1. The number of H-pyrrole nitrogens is 1. The van der Waals surface area contributed by atoms with Crippen molar-refractivity contribution in [2.24, 2.45) is 10.8 Å². The van der Waals surface area contributed by atoms with Crippen LogP contribution in [0, 0.1) is 20.8 Å². The van der Waals surface area contributed by atoms with Crippen molar-refractivity contribution >= 4 is 23.5 Å². The smallest absolute Gasteiger partial charge is 0.335 e. The second kappa shape index (κ2) is 6.67. The number of benzene rings is 1. The predicted octanol–water partition coefficient (Wildman–Crippen LogP) is 0.324. The lowest BCUT2D eigenvalue weighted by molar-refractivity contribution is 0.429. The maximum atomic E-state index is 12.2. The van der Waals surface area contributed by atoms with Crippen molar-refractivity contribution in [3.05, 3.63) is 55.2 Å². The van der Waals surface area contributed by atoms with Crippen LogP contribution in [0.4, 0.5) is 0 Å². The van der Waals surface area contributed by atoms with Gasteiger partial charge in [-0.3, -0.25) is 15.2 Å². The zero-order valence-electron chi connectivity index (χ0n) is 13.4. The van der Waals surface area contributed by atoms with Crippen LogP contribution in [-0.4, -0.2) is 26.0 Å². The summed E-state index contributed by atoms with van der Waals surface area (Å²) in [6.45, 7) is 5.56. The number of aromatic amines is 1. The van der Waals surface area contributed by atoms with Crippen molar-refractivity contribution in [2.75, 3.05) is 0 Å². The van der Waals surface area contributed by atoms with E-state index in [2.05, 4.69) is 27.7 Å². The summed E-state index contributed by atoms with van der Waals surface area (Å²) < 4.78 is 1.04. The summed E-state index contributed by atoms with van der Waals surface area (Å²) >= 11 is 4.60. The van der Waals surface area contributed by atoms with Gasteiger partial charge < -0.3 is 10.8 Å². The molecule has 0 spiro atoms. The third-order valence-electron chi connectivity index (χ3n) is 3.35. The minimum absolute atomic E-state index is 0.0966. The molecular weight excluding hydrogens is 330 g/mol. The number of nitrogens with two attached hydrogens (primary N) is 1. The normalized spacial score (nSPS) is 11.0. The van der Waals surface area contributed by atoms with Gasteiger partial charge in [0.05, 0.1) is 11.9 Å². The van der Waals surface area contributed by atoms with E-state index in [1.807, 2.05) is 32.9 Å². The van der Waals surface area contributed by atoms with Crippen molar-refractivity contribution in [2.45, 2.75) is 20.8 Å². The number of rotatable bonds is 3. The SMILES string of the molecule is Cc1cc(C)c(-n2c(O)c(C=NNC(N)=S)c(=O)[nH]c2=O)c(C)c1. The van der Waals surface area contributed by atoms with Crippen LogP contribution in [0.15, 0.2) is 26.8 Å². The van der Waals surface area contributed by atoms with Crippen molar-refractivity contribution < 1.29 is 5.11 Å². The molecule has 126 valence electrons. The van der Waals surface area contributed by atoms with Crippen molar-refractivity contribution in [1.82, 2.24) is 15.0 Å². The van der Waals surface area contributed by atoms with Crippen LogP contribution in [0.5, 0.6) is 5.88 Å². The average Bonchev–Trinajstić information content (AvgIpc) is 2.44. The number of thiocarbonyl (C=S) groups is 1. The van der Waals surface area contributed by atoms with Gasteiger partial charge in [0.1, 0.15) is 5.56 Å². The quantitative estimate of drug-likeness (QED) is 0.360. The number of aromatic nitrogens is 2. The Morgan fingerprint density at radius 2 is 1.92 bits per heavy atom. The molecule has 8 nitrogen and oxygen atoms in total. The molecule has 0 amide bonds. The Morgan fingerprint density at radius 1 is 1.33 bits per heavy atom. The second-order valence-corrected chi connectivity index (χ2v) is 5.75. The summed E-state index contributed by atoms with van der Waals surface area (Å²) in [6.07, 6.45) is 1.04. The van der Waals surface area contributed by atoms with E-state index in [4.69, 9.17) is 5.73 Å². The molecular formula is C15H17N5O3S. The number of hydrogen-bond acceptors (Lipinski definition) is 5. The van der Waals surface area contributed by atoms with Gasteiger partial charge in [-0.05, 0) is 44.1 Å². The molecule has 0 radical (unpaired) electrons. The molecule has 0 saturated heterocycles. The monoisotopic (exact) mass is 347 g/mol. The molecule has 1 aromatic heterocycles.